The van der Waals surface area contributed by atoms with Crippen molar-refractivity contribution in [1.82, 2.24) is 0 Å². The van der Waals surface area contributed by atoms with E-state index in [2.05, 4.69) is 206 Å². The van der Waals surface area contributed by atoms with E-state index in [1.54, 1.807) is 0 Å². The second-order valence-electron chi connectivity index (χ2n) is 14.4. The Bertz CT molecular complexity index is 3170. The fourth-order valence-electron chi connectivity index (χ4n) is 8.92. The molecule has 0 heterocycles. The Morgan fingerprint density at radius 3 is 1.17 bits per heavy atom. The van der Waals surface area contributed by atoms with Crippen molar-refractivity contribution in [3.8, 4) is 44.5 Å². The molecule has 11 aromatic rings. The van der Waals surface area contributed by atoms with Crippen LogP contribution < -0.4 is 0 Å². The van der Waals surface area contributed by atoms with Gasteiger partial charge >= 0.3 is 0 Å². The Kier molecular flexibility index (Phi) is 6.97. The van der Waals surface area contributed by atoms with Crippen molar-refractivity contribution in [2.24, 2.45) is 0 Å². The lowest BCUT2D eigenvalue weighted by Crippen LogP contribution is -1.92. The fourth-order valence-corrected chi connectivity index (χ4v) is 8.92. The minimum absolute atomic E-state index is 1.21. The normalized spacial score (nSPS) is 11.7. The van der Waals surface area contributed by atoms with Gasteiger partial charge in [0.25, 0.3) is 0 Å². The van der Waals surface area contributed by atoms with Crippen LogP contribution in [0.2, 0.25) is 0 Å². The highest BCUT2D eigenvalue weighted by atomic mass is 14.2. The quantitative estimate of drug-likeness (QED) is 0.128. The largest absolute Gasteiger partial charge is 0.0622 e. The van der Waals surface area contributed by atoms with Crippen molar-refractivity contribution in [2.45, 2.75) is 0 Å². The average molecular weight is 683 g/mol. The van der Waals surface area contributed by atoms with Crippen LogP contribution in [0.4, 0.5) is 0 Å². The zero-order valence-electron chi connectivity index (χ0n) is 29.6. The third-order valence-corrected chi connectivity index (χ3v) is 11.4. The lowest BCUT2D eigenvalue weighted by molar-refractivity contribution is 1.59. The predicted molar refractivity (Wildman–Crippen MR) is 233 cm³/mol. The first kappa shape index (κ1) is 30.6. The molecular weight excluding hydrogens is 649 g/mol. The summed E-state index contributed by atoms with van der Waals surface area (Å²) in [6.07, 6.45) is 0. The summed E-state index contributed by atoms with van der Waals surface area (Å²) in [6.45, 7) is 0. The van der Waals surface area contributed by atoms with Crippen molar-refractivity contribution in [3.63, 3.8) is 0 Å². The van der Waals surface area contributed by atoms with Gasteiger partial charge in [0.1, 0.15) is 0 Å². The Morgan fingerprint density at radius 2 is 0.574 bits per heavy atom. The van der Waals surface area contributed by atoms with E-state index in [0.29, 0.717) is 0 Å². The van der Waals surface area contributed by atoms with Crippen LogP contribution >= 0.6 is 0 Å². The summed E-state index contributed by atoms with van der Waals surface area (Å²) in [7, 11) is 0. The van der Waals surface area contributed by atoms with Crippen molar-refractivity contribution in [1.29, 1.82) is 0 Å². The molecule has 0 amide bonds. The molecule has 0 aliphatic carbocycles. The molecule has 0 fully saturated rings. The summed E-state index contributed by atoms with van der Waals surface area (Å²) in [4.78, 5) is 0. The van der Waals surface area contributed by atoms with Gasteiger partial charge in [0.15, 0.2) is 0 Å². The van der Waals surface area contributed by atoms with Crippen LogP contribution in [0.1, 0.15) is 0 Å². The summed E-state index contributed by atoms with van der Waals surface area (Å²) >= 11 is 0. The highest BCUT2D eigenvalue weighted by Crippen LogP contribution is 2.46. The summed E-state index contributed by atoms with van der Waals surface area (Å²) in [5, 5.41) is 15.3. The van der Waals surface area contributed by atoms with Gasteiger partial charge < -0.3 is 0 Å². The monoisotopic (exact) mass is 682 g/mol. The van der Waals surface area contributed by atoms with E-state index in [-0.39, 0.29) is 0 Å². The predicted octanol–water partition coefficient (Wildman–Crippen LogP) is 15.3. The van der Waals surface area contributed by atoms with Crippen LogP contribution in [0.15, 0.2) is 206 Å². The van der Waals surface area contributed by atoms with Gasteiger partial charge in [0.2, 0.25) is 0 Å². The van der Waals surface area contributed by atoms with E-state index < -0.39 is 0 Å². The Labute approximate surface area is 314 Å². The first-order valence-electron chi connectivity index (χ1n) is 18.8. The third kappa shape index (κ3) is 4.85. The maximum Gasteiger partial charge on any atom is -0.00259 e. The molecule has 0 radical (unpaired) electrons. The third-order valence-electron chi connectivity index (χ3n) is 11.4. The van der Waals surface area contributed by atoms with Gasteiger partial charge in [-0.2, -0.15) is 0 Å². The maximum atomic E-state index is 2.42. The molecule has 0 aromatic heterocycles. The first-order chi connectivity index (χ1) is 26.8. The maximum absolute atomic E-state index is 2.42. The van der Waals surface area contributed by atoms with Gasteiger partial charge in [-0.05, 0) is 139 Å². The molecule has 11 rings (SSSR count). The summed E-state index contributed by atoms with van der Waals surface area (Å²) in [5.41, 5.74) is 9.83. The highest BCUT2D eigenvalue weighted by Gasteiger charge is 2.19. The van der Waals surface area contributed by atoms with Gasteiger partial charge in [-0.15, -0.1) is 0 Å². The summed E-state index contributed by atoms with van der Waals surface area (Å²) < 4.78 is 0. The van der Waals surface area contributed by atoms with Gasteiger partial charge in [0.05, 0.1) is 0 Å². The Morgan fingerprint density at radius 1 is 0.167 bits per heavy atom. The molecule has 0 atom stereocenters. The molecule has 0 bridgehead atoms. The summed E-state index contributed by atoms with van der Waals surface area (Å²) in [5.74, 6) is 0. The molecule has 0 aliphatic rings. The van der Waals surface area contributed by atoms with E-state index in [1.165, 1.54) is 109 Å². The van der Waals surface area contributed by atoms with E-state index in [9.17, 15) is 0 Å². The minimum atomic E-state index is 1.21. The topological polar surface area (TPSA) is 0 Å². The van der Waals surface area contributed by atoms with Crippen LogP contribution in [0.5, 0.6) is 0 Å². The number of rotatable bonds is 4. The molecule has 54 heavy (non-hydrogen) atoms. The fraction of sp³-hybridized carbons (Fsp3) is 0. The average Bonchev–Trinajstić information content (AvgIpc) is 3.25. The Balaban J connectivity index is 1.20. The lowest BCUT2D eigenvalue weighted by atomic mass is 9.84. The van der Waals surface area contributed by atoms with Crippen LogP contribution in [0.25, 0.3) is 109 Å². The second-order valence-corrected chi connectivity index (χ2v) is 14.4. The first-order valence-corrected chi connectivity index (χ1v) is 18.8. The molecule has 0 saturated heterocycles. The molecule has 11 aromatic carbocycles. The molecule has 0 spiro atoms. The number of benzene rings is 11. The molecule has 0 unspecified atom stereocenters. The smallest absolute Gasteiger partial charge is 0.00259 e. The van der Waals surface area contributed by atoms with Gasteiger partial charge in [0, 0.05) is 0 Å². The molecule has 0 saturated carbocycles. The van der Waals surface area contributed by atoms with E-state index in [1.807, 2.05) is 0 Å². The molecule has 0 nitrogen and oxygen atoms in total. The molecule has 0 aliphatic heterocycles. The van der Waals surface area contributed by atoms with Crippen molar-refractivity contribution < 1.29 is 0 Å². The van der Waals surface area contributed by atoms with Crippen LogP contribution in [0, 0.1) is 0 Å². The molecular formula is C54H34. The number of hydrogen-bond acceptors (Lipinski definition) is 0. The van der Waals surface area contributed by atoms with E-state index in [0.717, 1.165) is 0 Å². The number of fused-ring (bicyclic) bond motifs is 9. The van der Waals surface area contributed by atoms with Gasteiger partial charge in [-0.1, -0.05) is 176 Å². The van der Waals surface area contributed by atoms with Crippen LogP contribution in [-0.4, -0.2) is 0 Å². The van der Waals surface area contributed by atoms with E-state index in [4.69, 9.17) is 0 Å². The Hall–Kier alpha value is -7.02. The van der Waals surface area contributed by atoms with Gasteiger partial charge in [-0.25, -0.2) is 0 Å². The van der Waals surface area contributed by atoms with Crippen LogP contribution in [0.3, 0.4) is 0 Å². The van der Waals surface area contributed by atoms with Crippen molar-refractivity contribution >= 4 is 64.6 Å². The molecule has 0 N–H and O–H groups in total. The minimum Gasteiger partial charge on any atom is -0.0622 e. The van der Waals surface area contributed by atoms with E-state index >= 15 is 0 Å². The summed E-state index contributed by atoms with van der Waals surface area (Å²) in [6, 6.07) is 76.2. The SMILES string of the molecule is c1ccc(-c2cc(-c3ccc4c5ccccc5c5ccccc5c4c3)cc(-c3c4ccccc4c(-c4ccc5ccccc5c4)c4ccccc34)c2)cc1. The lowest BCUT2D eigenvalue weighted by Gasteiger charge is -2.19. The van der Waals surface area contributed by atoms with Crippen molar-refractivity contribution in [2.75, 3.05) is 0 Å². The van der Waals surface area contributed by atoms with Gasteiger partial charge in [-0.3, -0.25) is 0 Å². The highest BCUT2D eigenvalue weighted by molar-refractivity contribution is 6.26. The second kappa shape index (κ2) is 12.3. The zero-order valence-corrected chi connectivity index (χ0v) is 29.6. The molecule has 0 heteroatoms. The zero-order chi connectivity index (χ0) is 35.6. The number of hydrogen-bond donors (Lipinski definition) is 0. The van der Waals surface area contributed by atoms with Crippen molar-refractivity contribution in [3.05, 3.63) is 206 Å². The molecule has 250 valence electrons. The standard InChI is InChI=1S/C54H34/c1-2-14-35(15-3-1)40-31-41(38-28-29-47-45-20-7-6-18-43(45)44-19-8-9-21-46(44)52(47)34-38)33-42(32-40)54-50-24-12-10-22-48(50)53(49-23-11-13-25-51(49)54)39-27-26-36-16-4-5-17-37(36)30-39/h1-34H. The van der Waals surface area contributed by atoms with Crippen LogP contribution in [-0.2, 0) is 0 Å².